The molecule has 0 aromatic carbocycles. The molecule has 2 aliphatic rings. The SMILES string of the molecule is CC(C)N1CCC(CC2CCN(C(C)C)C2)CC1. The summed E-state index contributed by atoms with van der Waals surface area (Å²) in [6, 6.07) is 1.49. The number of piperidine rings is 1. The van der Waals surface area contributed by atoms with Gasteiger partial charge in [0.2, 0.25) is 0 Å². The molecule has 2 fully saturated rings. The number of nitrogens with zero attached hydrogens (tertiary/aromatic N) is 2. The third-order valence-electron chi connectivity index (χ3n) is 5.09. The highest BCUT2D eigenvalue weighted by molar-refractivity contribution is 4.82. The van der Waals surface area contributed by atoms with Gasteiger partial charge in [-0.05, 0) is 84.8 Å². The zero-order chi connectivity index (χ0) is 13.1. The predicted octanol–water partition coefficient (Wildman–Crippen LogP) is 3.23. The lowest BCUT2D eigenvalue weighted by molar-refractivity contribution is 0.136. The summed E-state index contributed by atoms with van der Waals surface area (Å²) in [5.74, 6) is 2.00. The van der Waals surface area contributed by atoms with Crippen molar-refractivity contribution in [1.82, 2.24) is 9.80 Å². The van der Waals surface area contributed by atoms with Crippen molar-refractivity contribution in [3.05, 3.63) is 0 Å². The summed E-state index contributed by atoms with van der Waals surface area (Å²) in [5, 5.41) is 0. The van der Waals surface area contributed by atoms with Crippen molar-refractivity contribution in [2.24, 2.45) is 11.8 Å². The fourth-order valence-corrected chi connectivity index (χ4v) is 3.70. The predicted molar refractivity (Wildman–Crippen MR) is 78.9 cm³/mol. The van der Waals surface area contributed by atoms with E-state index in [0.29, 0.717) is 0 Å². The van der Waals surface area contributed by atoms with E-state index in [1.165, 1.54) is 51.9 Å². The Morgan fingerprint density at radius 1 is 0.778 bits per heavy atom. The first-order valence-electron chi connectivity index (χ1n) is 8.04. The molecule has 0 amide bonds. The van der Waals surface area contributed by atoms with Crippen molar-refractivity contribution >= 4 is 0 Å². The molecule has 2 nitrogen and oxygen atoms in total. The van der Waals surface area contributed by atoms with E-state index < -0.39 is 0 Å². The minimum atomic E-state index is 0.744. The normalized spacial score (nSPS) is 28.7. The Labute approximate surface area is 114 Å². The second-order valence-corrected chi connectivity index (χ2v) is 7.05. The van der Waals surface area contributed by atoms with Gasteiger partial charge in [0.25, 0.3) is 0 Å². The van der Waals surface area contributed by atoms with E-state index in [9.17, 15) is 0 Å². The molecule has 0 aromatic heterocycles. The van der Waals surface area contributed by atoms with Crippen LogP contribution in [0.15, 0.2) is 0 Å². The van der Waals surface area contributed by atoms with E-state index in [1.807, 2.05) is 0 Å². The summed E-state index contributed by atoms with van der Waals surface area (Å²) < 4.78 is 0. The van der Waals surface area contributed by atoms with Crippen LogP contribution in [-0.4, -0.2) is 48.1 Å². The Hall–Kier alpha value is -0.0800. The van der Waals surface area contributed by atoms with Gasteiger partial charge in [-0.1, -0.05) is 0 Å². The van der Waals surface area contributed by atoms with Crippen LogP contribution in [0.4, 0.5) is 0 Å². The molecular formula is C16H32N2. The molecule has 2 heteroatoms. The zero-order valence-corrected chi connectivity index (χ0v) is 12.9. The molecule has 0 aliphatic carbocycles. The van der Waals surface area contributed by atoms with E-state index in [-0.39, 0.29) is 0 Å². The van der Waals surface area contributed by atoms with Gasteiger partial charge in [0, 0.05) is 18.6 Å². The number of likely N-dealkylation sites (tertiary alicyclic amines) is 2. The lowest BCUT2D eigenvalue weighted by Crippen LogP contribution is -2.39. The molecule has 0 N–H and O–H groups in total. The van der Waals surface area contributed by atoms with E-state index >= 15 is 0 Å². The van der Waals surface area contributed by atoms with E-state index in [0.717, 1.165) is 23.9 Å². The Kier molecular flexibility index (Phi) is 5.08. The van der Waals surface area contributed by atoms with Gasteiger partial charge in [0.1, 0.15) is 0 Å². The first-order chi connectivity index (χ1) is 8.56. The number of hydrogen-bond donors (Lipinski definition) is 0. The van der Waals surface area contributed by atoms with Crippen LogP contribution in [0.3, 0.4) is 0 Å². The fraction of sp³-hybridized carbons (Fsp3) is 1.00. The Balaban J connectivity index is 1.69. The monoisotopic (exact) mass is 252 g/mol. The molecule has 0 saturated carbocycles. The first-order valence-corrected chi connectivity index (χ1v) is 8.04. The van der Waals surface area contributed by atoms with Crippen LogP contribution in [-0.2, 0) is 0 Å². The quantitative estimate of drug-likeness (QED) is 0.758. The third-order valence-corrected chi connectivity index (χ3v) is 5.09. The Morgan fingerprint density at radius 3 is 1.78 bits per heavy atom. The molecular weight excluding hydrogens is 220 g/mol. The molecule has 1 unspecified atom stereocenters. The molecule has 2 saturated heterocycles. The smallest absolute Gasteiger partial charge is 0.00387 e. The van der Waals surface area contributed by atoms with Crippen molar-refractivity contribution in [3.8, 4) is 0 Å². The van der Waals surface area contributed by atoms with E-state index in [4.69, 9.17) is 0 Å². The van der Waals surface area contributed by atoms with E-state index in [1.54, 1.807) is 0 Å². The molecule has 0 spiro atoms. The van der Waals surface area contributed by atoms with Crippen molar-refractivity contribution in [2.45, 2.75) is 65.5 Å². The van der Waals surface area contributed by atoms with Gasteiger partial charge in [-0.3, -0.25) is 0 Å². The van der Waals surface area contributed by atoms with E-state index in [2.05, 4.69) is 37.5 Å². The third kappa shape index (κ3) is 3.71. The Bertz CT molecular complexity index is 241. The van der Waals surface area contributed by atoms with Gasteiger partial charge in [-0.25, -0.2) is 0 Å². The van der Waals surface area contributed by atoms with Gasteiger partial charge in [0.15, 0.2) is 0 Å². The van der Waals surface area contributed by atoms with Crippen molar-refractivity contribution in [1.29, 1.82) is 0 Å². The second-order valence-electron chi connectivity index (χ2n) is 7.05. The molecule has 2 aliphatic heterocycles. The van der Waals surface area contributed by atoms with Gasteiger partial charge in [-0.2, -0.15) is 0 Å². The number of hydrogen-bond acceptors (Lipinski definition) is 2. The van der Waals surface area contributed by atoms with Gasteiger partial charge < -0.3 is 9.80 Å². The zero-order valence-electron chi connectivity index (χ0n) is 12.9. The van der Waals surface area contributed by atoms with Crippen LogP contribution in [0.2, 0.25) is 0 Å². The average molecular weight is 252 g/mol. The van der Waals surface area contributed by atoms with Gasteiger partial charge >= 0.3 is 0 Å². The maximum Gasteiger partial charge on any atom is 0.00387 e. The lowest BCUT2D eigenvalue weighted by Gasteiger charge is -2.35. The van der Waals surface area contributed by atoms with Crippen LogP contribution in [0, 0.1) is 11.8 Å². The first kappa shape index (κ1) is 14.3. The van der Waals surface area contributed by atoms with Gasteiger partial charge in [0.05, 0.1) is 0 Å². The molecule has 0 radical (unpaired) electrons. The summed E-state index contributed by atoms with van der Waals surface area (Å²) >= 11 is 0. The van der Waals surface area contributed by atoms with Crippen LogP contribution < -0.4 is 0 Å². The molecule has 18 heavy (non-hydrogen) atoms. The summed E-state index contributed by atoms with van der Waals surface area (Å²) in [6.45, 7) is 14.7. The van der Waals surface area contributed by atoms with Crippen LogP contribution in [0.25, 0.3) is 0 Å². The topological polar surface area (TPSA) is 6.48 Å². The van der Waals surface area contributed by atoms with Crippen LogP contribution >= 0.6 is 0 Å². The molecule has 1 atom stereocenters. The number of rotatable bonds is 4. The summed E-state index contributed by atoms with van der Waals surface area (Å²) in [5.41, 5.74) is 0. The standard InChI is InChI=1S/C16H32N2/c1-13(2)17-8-5-15(6-9-17)11-16-7-10-18(12-16)14(3)4/h13-16H,5-12H2,1-4H3. The minimum absolute atomic E-state index is 0.744. The summed E-state index contributed by atoms with van der Waals surface area (Å²) in [6.07, 6.45) is 5.82. The molecule has 2 rings (SSSR count). The summed E-state index contributed by atoms with van der Waals surface area (Å²) in [4.78, 5) is 5.31. The fourth-order valence-electron chi connectivity index (χ4n) is 3.70. The summed E-state index contributed by atoms with van der Waals surface area (Å²) in [7, 11) is 0. The molecule has 0 aromatic rings. The highest BCUT2D eigenvalue weighted by Gasteiger charge is 2.28. The average Bonchev–Trinajstić information content (AvgIpc) is 2.78. The largest absolute Gasteiger partial charge is 0.301 e. The van der Waals surface area contributed by atoms with Crippen LogP contribution in [0.1, 0.15) is 53.4 Å². The van der Waals surface area contributed by atoms with Crippen LogP contribution in [0.5, 0.6) is 0 Å². The van der Waals surface area contributed by atoms with Gasteiger partial charge in [-0.15, -0.1) is 0 Å². The lowest BCUT2D eigenvalue weighted by atomic mass is 9.86. The molecule has 2 heterocycles. The second kappa shape index (κ2) is 6.38. The van der Waals surface area contributed by atoms with Crippen molar-refractivity contribution in [3.63, 3.8) is 0 Å². The van der Waals surface area contributed by atoms with Crippen molar-refractivity contribution in [2.75, 3.05) is 26.2 Å². The maximum absolute atomic E-state index is 2.66. The molecule has 0 bridgehead atoms. The minimum Gasteiger partial charge on any atom is -0.301 e. The van der Waals surface area contributed by atoms with Crippen molar-refractivity contribution < 1.29 is 0 Å². The highest BCUT2D eigenvalue weighted by Crippen LogP contribution is 2.30. The molecule has 106 valence electrons. The maximum atomic E-state index is 2.66. The highest BCUT2D eigenvalue weighted by atomic mass is 15.2. The Morgan fingerprint density at radius 2 is 1.28 bits per heavy atom.